The molecule has 3 rings (SSSR count). The van der Waals surface area contributed by atoms with Gasteiger partial charge in [-0.3, -0.25) is 9.69 Å². The minimum Gasteiger partial charge on any atom is -0.383 e. The predicted octanol–water partition coefficient (Wildman–Crippen LogP) is 1.75. The van der Waals surface area contributed by atoms with Gasteiger partial charge in [0.1, 0.15) is 10.5 Å². The SMILES string of the molecule is COCCN1CCCC2(CCCN2Cc2nccs2)C1=O. The van der Waals surface area contributed by atoms with Gasteiger partial charge in [0.25, 0.3) is 0 Å². The van der Waals surface area contributed by atoms with E-state index in [1.165, 1.54) is 0 Å². The lowest BCUT2D eigenvalue weighted by Gasteiger charge is -2.44. The summed E-state index contributed by atoms with van der Waals surface area (Å²) < 4.78 is 5.14. The van der Waals surface area contributed by atoms with E-state index in [0.717, 1.165) is 50.3 Å². The van der Waals surface area contributed by atoms with Crippen molar-refractivity contribution in [1.82, 2.24) is 14.8 Å². The average molecular weight is 309 g/mol. The van der Waals surface area contributed by atoms with E-state index in [1.54, 1.807) is 18.4 Å². The smallest absolute Gasteiger partial charge is 0.243 e. The van der Waals surface area contributed by atoms with Gasteiger partial charge in [-0.2, -0.15) is 0 Å². The minimum absolute atomic E-state index is 0.280. The van der Waals surface area contributed by atoms with Crippen LogP contribution in [0.4, 0.5) is 0 Å². The van der Waals surface area contributed by atoms with Crippen molar-refractivity contribution in [2.45, 2.75) is 37.8 Å². The molecule has 21 heavy (non-hydrogen) atoms. The van der Waals surface area contributed by atoms with E-state index in [0.29, 0.717) is 19.1 Å². The van der Waals surface area contributed by atoms with Gasteiger partial charge in [-0.25, -0.2) is 4.98 Å². The number of thiazole rings is 1. The Labute approximate surface area is 129 Å². The number of likely N-dealkylation sites (tertiary alicyclic amines) is 2. The van der Waals surface area contributed by atoms with Crippen molar-refractivity contribution in [3.63, 3.8) is 0 Å². The molecule has 2 saturated heterocycles. The molecule has 0 N–H and O–H groups in total. The van der Waals surface area contributed by atoms with E-state index in [1.807, 2.05) is 16.5 Å². The third kappa shape index (κ3) is 2.84. The zero-order valence-electron chi connectivity index (χ0n) is 12.6. The van der Waals surface area contributed by atoms with Crippen LogP contribution in [0, 0.1) is 0 Å². The van der Waals surface area contributed by atoms with Gasteiger partial charge in [-0.05, 0) is 32.2 Å². The Kier molecular flexibility index (Phi) is 4.57. The maximum absolute atomic E-state index is 13.0. The molecule has 0 radical (unpaired) electrons. The summed E-state index contributed by atoms with van der Waals surface area (Å²) in [4.78, 5) is 21.8. The van der Waals surface area contributed by atoms with E-state index < -0.39 is 0 Å². The molecule has 2 aliphatic heterocycles. The Balaban J connectivity index is 1.75. The largest absolute Gasteiger partial charge is 0.383 e. The Hall–Kier alpha value is -0.980. The second-order valence-electron chi connectivity index (χ2n) is 5.87. The van der Waals surface area contributed by atoms with E-state index in [-0.39, 0.29) is 5.54 Å². The van der Waals surface area contributed by atoms with Crippen LogP contribution in [-0.2, 0) is 16.1 Å². The average Bonchev–Trinajstić information content (AvgIpc) is 3.13. The van der Waals surface area contributed by atoms with E-state index >= 15 is 0 Å². The normalized spacial score (nSPS) is 26.9. The van der Waals surface area contributed by atoms with E-state index in [9.17, 15) is 4.79 Å². The van der Waals surface area contributed by atoms with Gasteiger partial charge in [0.2, 0.25) is 5.91 Å². The fraction of sp³-hybridized carbons (Fsp3) is 0.733. The van der Waals surface area contributed by atoms with Crippen molar-refractivity contribution in [1.29, 1.82) is 0 Å². The van der Waals surface area contributed by atoms with Crippen LogP contribution in [0.2, 0.25) is 0 Å². The van der Waals surface area contributed by atoms with Crippen LogP contribution in [0.3, 0.4) is 0 Å². The van der Waals surface area contributed by atoms with Crippen LogP contribution < -0.4 is 0 Å². The fourth-order valence-corrected chi connectivity index (χ4v) is 4.30. The molecule has 0 saturated carbocycles. The number of carbonyl (C=O) groups is 1. The summed E-state index contributed by atoms with van der Waals surface area (Å²) in [5, 5.41) is 3.11. The highest BCUT2D eigenvalue weighted by Crippen LogP contribution is 2.39. The van der Waals surface area contributed by atoms with Crippen LogP contribution in [-0.4, -0.2) is 59.6 Å². The van der Waals surface area contributed by atoms with Gasteiger partial charge >= 0.3 is 0 Å². The van der Waals surface area contributed by atoms with Crippen LogP contribution in [0.1, 0.15) is 30.7 Å². The number of ether oxygens (including phenoxy) is 1. The molecule has 0 aliphatic carbocycles. The lowest BCUT2D eigenvalue weighted by molar-refractivity contribution is -0.148. The number of hydrogen-bond donors (Lipinski definition) is 0. The first-order valence-corrected chi connectivity index (χ1v) is 8.56. The zero-order chi connectivity index (χ0) is 14.7. The molecule has 1 spiro atoms. The Morgan fingerprint density at radius 2 is 2.19 bits per heavy atom. The highest BCUT2D eigenvalue weighted by Gasteiger charge is 2.50. The highest BCUT2D eigenvalue weighted by molar-refractivity contribution is 7.09. The Bertz CT molecular complexity index is 479. The van der Waals surface area contributed by atoms with E-state index in [4.69, 9.17) is 4.74 Å². The van der Waals surface area contributed by atoms with Gasteiger partial charge in [0.05, 0.1) is 13.2 Å². The number of piperidine rings is 1. The summed E-state index contributed by atoms with van der Waals surface area (Å²) in [7, 11) is 1.69. The number of aromatic nitrogens is 1. The van der Waals surface area contributed by atoms with Crippen LogP contribution in [0.25, 0.3) is 0 Å². The zero-order valence-corrected chi connectivity index (χ0v) is 13.4. The molecule has 116 valence electrons. The Morgan fingerprint density at radius 1 is 1.38 bits per heavy atom. The number of hydrogen-bond acceptors (Lipinski definition) is 5. The fourth-order valence-electron chi connectivity index (χ4n) is 3.66. The molecule has 1 atom stereocenters. The second kappa shape index (κ2) is 6.42. The molecule has 0 bridgehead atoms. The molecule has 3 heterocycles. The molecule has 6 heteroatoms. The number of methoxy groups -OCH3 is 1. The van der Waals surface area contributed by atoms with Crippen LogP contribution >= 0.6 is 11.3 Å². The van der Waals surface area contributed by atoms with Gasteiger partial charge in [0, 0.05) is 31.8 Å². The second-order valence-corrected chi connectivity index (χ2v) is 6.85. The van der Waals surface area contributed by atoms with Crippen molar-refractivity contribution in [2.75, 3.05) is 33.4 Å². The van der Waals surface area contributed by atoms with Crippen molar-refractivity contribution in [3.05, 3.63) is 16.6 Å². The molecular weight excluding hydrogens is 286 g/mol. The molecule has 2 aliphatic rings. The molecule has 5 nitrogen and oxygen atoms in total. The quantitative estimate of drug-likeness (QED) is 0.831. The summed E-state index contributed by atoms with van der Waals surface area (Å²) in [5.74, 6) is 0.305. The third-order valence-electron chi connectivity index (χ3n) is 4.70. The Morgan fingerprint density at radius 3 is 2.90 bits per heavy atom. The summed E-state index contributed by atoms with van der Waals surface area (Å²) in [5.41, 5.74) is -0.280. The predicted molar refractivity (Wildman–Crippen MR) is 82.2 cm³/mol. The van der Waals surface area contributed by atoms with Crippen LogP contribution in [0.5, 0.6) is 0 Å². The number of nitrogens with zero attached hydrogens (tertiary/aromatic N) is 3. The van der Waals surface area contributed by atoms with Crippen LogP contribution in [0.15, 0.2) is 11.6 Å². The molecule has 1 aromatic heterocycles. The van der Waals surface area contributed by atoms with E-state index in [2.05, 4.69) is 9.88 Å². The molecule has 1 amide bonds. The first kappa shape index (κ1) is 14.9. The highest BCUT2D eigenvalue weighted by atomic mass is 32.1. The summed E-state index contributed by atoms with van der Waals surface area (Å²) >= 11 is 1.68. The van der Waals surface area contributed by atoms with Crippen molar-refractivity contribution < 1.29 is 9.53 Å². The maximum atomic E-state index is 13.0. The molecule has 1 unspecified atom stereocenters. The monoisotopic (exact) mass is 309 g/mol. The summed E-state index contributed by atoms with van der Waals surface area (Å²) in [6.07, 6.45) is 6.01. The summed E-state index contributed by atoms with van der Waals surface area (Å²) in [6, 6.07) is 0. The van der Waals surface area contributed by atoms with Crippen molar-refractivity contribution in [3.8, 4) is 0 Å². The lowest BCUT2D eigenvalue weighted by Crippen LogP contribution is -2.60. The first-order chi connectivity index (χ1) is 10.3. The standard InChI is InChI=1S/C15H23N3O2S/c1-20-10-9-17-7-2-4-15(14(17)19)5-3-8-18(15)12-13-16-6-11-21-13/h6,11H,2-5,7-10,12H2,1H3. The first-order valence-electron chi connectivity index (χ1n) is 7.68. The molecular formula is C15H23N3O2S. The summed E-state index contributed by atoms with van der Waals surface area (Å²) in [6.45, 7) is 4.01. The minimum atomic E-state index is -0.280. The number of rotatable bonds is 5. The van der Waals surface area contributed by atoms with Gasteiger partial charge in [-0.15, -0.1) is 11.3 Å². The topological polar surface area (TPSA) is 45.7 Å². The van der Waals surface area contributed by atoms with Gasteiger partial charge in [-0.1, -0.05) is 0 Å². The maximum Gasteiger partial charge on any atom is 0.243 e. The lowest BCUT2D eigenvalue weighted by atomic mass is 9.85. The number of carbonyl (C=O) groups excluding carboxylic acids is 1. The van der Waals surface area contributed by atoms with Gasteiger partial charge < -0.3 is 9.64 Å². The van der Waals surface area contributed by atoms with Gasteiger partial charge in [0.15, 0.2) is 0 Å². The molecule has 1 aromatic rings. The molecule has 0 aromatic carbocycles. The van der Waals surface area contributed by atoms with Crippen molar-refractivity contribution >= 4 is 17.2 Å². The van der Waals surface area contributed by atoms with Crippen molar-refractivity contribution in [2.24, 2.45) is 0 Å². The molecule has 2 fully saturated rings. The third-order valence-corrected chi connectivity index (χ3v) is 5.47. The number of amides is 1.